The Morgan fingerprint density at radius 3 is 2.24 bits per heavy atom. The Kier molecular flexibility index (Phi) is 18.0. The van der Waals surface area contributed by atoms with Crippen molar-refractivity contribution in [3.05, 3.63) is 77.1 Å². The molecule has 4 aliphatic rings. The number of nitrogens with one attached hydrogen (secondary N) is 1. The van der Waals surface area contributed by atoms with Gasteiger partial charge in [-0.3, -0.25) is 19.4 Å². The third kappa shape index (κ3) is 11.9. The maximum Gasteiger partial charge on any atom is 0.312 e. The fourth-order valence-electron chi connectivity index (χ4n) is 9.48. The van der Waals surface area contributed by atoms with E-state index in [9.17, 15) is 45.0 Å². The summed E-state index contributed by atoms with van der Waals surface area (Å²) in [5.41, 5.74) is 6.13. The van der Waals surface area contributed by atoms with E-state index in [4.69, 9.17) is 24.7 Å². The number of hydrogen-bond acceptors (Lipinski definition) is 18. The molecule has 0 saturated carbocycles. The van der Waals surface area contributed by atoms with Gasteiger partial charge in [0.1, 0.15) is 23.4 Å². The van der Waals surface area contributed by atoms with Crippen molar-refractivity contribution in [2.75, 3.05) is 45.7 Å². The molecule has 1 saturated heterocycles. The molecular formula is C53H68N8O13S. The minimum absolute atomic E-state index is 0.0428. The third-order valence-electron chi connectivity index (χ3n) is 14.2. The Morgan fingerprint density at radius 2 is 1.60 bits per heavy atom. The number of allylic oxidation sites excluding steroid dienone is 2. The number of aromatic nitrogens is 1. The SMILES string of the molecule is CO[C@H]1/C=C/O[C@@]2(C)Oc3c(C)c(O)c4c(O)c(c(/C=N/N5CCN(C)CC5)c(O)c4c3C2=O)NC(=O)/C(C)=C\C=C\[C@H](C)[C@H](O)[C@@H](C)[C@@H](O)[C@@H](C)[C@H](OC(C)=O)[C@@H]1C.Cn1c(O)c(N=NC(N)=S)c2ccccc21. The maximum atomic E-state index is 14.4. The molecule has 404 valence electrons. The number of para-hydroxylation sites is 1. The van der Waals surface area contributed by atoms with E-state index >= 15 is 0 Å². The molecule has 1 fully saturated rings. The number of likely N-dealkylation sites (N-methyl/N-ethyl adjacent to an activating group) is 1. The lowest BCUT2D eigenvalue weighted by Crippen LogP contribution is -2.46. The van der Waals surface area contributed by atoms with Crippen molar-refractivity contribution < 1.29 is 64.0 Å². The highest BCUT2D eigenvalue weighted by Crippen LogP contribution is 2.55. The molecule has 4 aromatic rings. The Morgan fingerprint density at radius 1 is 0.933 bits per heavy atom. The number of amides is 1. The number of ketones is 1. The standard InChI is InChI=1S/C43H58N4O12.C10H10N4OS/c1-21-12-11-13-22(2)42(55)45-33-28(20-44-47-17-15-46(9)16-18-47)37(52)30-31(38(33)53)36(51)26(6)40-32(30)41(54)43(8,59-40)57-19-14-29(56-10)23(3)39(58-27(7)48)25(5)35(50)24(4)34(21)49;1-14-7-5-3-2-4-6(7)8(9(14)15)12-13-10(11)16/h11-14,19-21,23-25,29,34-35,39,49-53H,15-18H2,1-10H3,(H,45,55);2-5,15H,1H3,(H2,11,16)/b12-11+,19-14+,22-13-,44-20+;/t21-,23+,24+,25+,29-,34-,35+,39+,43-;/m0./s1. The van der Waals surface area contributed by atoms with Crippen LogP contribution < -0.4 is 15.8 Å². The van der Waals surface area contributed by atoms with Crippen LogP contribution in [-0.2, 0) is 30.8 Å². The first-order valence-electron chi connectivity index (χ1n) is 24.4. The molecule has 5 heterocycles. The van der Waals surface area contributed by atoms with Crippen LogP contribution in [0.5, 0.6) is 28.9 Å². The van der Waals surface area contributed by atoms with E-state index in [0.29, 0.717) is 18.8 Å². The predicted octanol–water partition coefficient (Wildman–Crippen LogP) is 6.55. The van der Waals surface area contributed by atoms with E-state index in [0.717, 1.165) is 24.0 Å². The van der Waals surface area contributed by atoms with Crippen molar-refractivity contribution >= 4 is 74.3 Å². The smallest absolute Gasteiger partial charge is 0.312 e. The number of carbonyl (C=O) groups excluding carboxylic acids is 3. The van der Waals surface area contributed by atoms with Crippen molar-refractivity contribution in [1.82, 2.24) is 14.5 Å². The number of methoxy groups -OCH3 is 1. The molecule has 0 unspecified atom stereocenters. The summed E-state index contributed by atoms with van der Waals surface area (Å²) in [5, 5.41) is 84.9. The van der Waals surface area contributed by atoms with Crippen LogP contribution in [0.1, 0.15) is 70.0 Å². The largest absolute Gasteiger partial charge is 0.507 e. The average molecular weight is 1060 g/mol. The second kappa shape index (κ2) is 23.6. The summed E-state index contributed by atoms with van der Waals surface area (Å²) in [6.07, 6.45) is 4.86. The quantitative estimate of drug-likeness (QED) is 0.0263. The number of benzene rings is 3. The van der Waals surface area contributed by atoms with Gasteiger partial charge in [0.15, 0.2) is 11.4 Å². The molecule has 1 amide bonds. The molecule has 22 heteroatoms. The van der Waals surface area contributed by atoms with Crippen molar-refractivity contribution in [2.24, 2.45) is 51.8 Å². The molecular weight excluding hydrogens is 989 g/mol. The maximum absolute atomic E-state index is 14.4. The Bertz CT molecular complexity index is 3000. The summed E-state index contributed by atoms with van der Waals surface area (Å²) >= 11 is 4.60. The van der Waals surface area contributed by atoms with Gasteiger partial charge < -0.3 is 70.1 Å². The molecule has 9 atom stereocenters. The molecule has 0 spiro atoms. The number of thiocarbonyl (C=S) groups is 1. The highest BCUT2D eigenvalue weighted by atomic mass is 32.1. The number of esters is 1. The number of piperazine rings is 1. The van der Waals surface area contributed by atoms with Gasteiger partial charge in [-0.05, 0) is 45.3 Å². The summed E-state index contributed by atoms with van der Waals surface area (Å²) < 4.78 is 25.2. The van der Waals surface area contributed by atoms with E-state index in [1.165, 1.54) is 59.4 Å². The molecule has 1 aromatic heterocycles. The van der Waals surface area contributed by atoms with Gasteiger partial charge >= 0.3 is 11.8 Å². The molecule has 21 nitrogen and oxygen atoms in total. The number of aliphatic hydroxyl groups excluding tert-OH is 2. The summed E-state index contributed by atoms with van der Waals surface area (Å²) in [7, 11) is 5.17. The number of aliphatic hydroxyl groups is 2. The second-order valence-electron chi connectivity index (χ2n) is 19.4. The molecule has 5 bridgehead atoms. The fraction of sp³-hybridized carbons (Fsp3) is 0.453. The summed E-state index contributed by atoms with van der Waals surface area (Å²) in [4.78, 5) is 42.6. The number of ether oxygens (including phenoxy) is 4. The van der Waals surface area contributed by atoms with Crippen LogP contribution in [0.3, 0.4) is 0 Å². The minimum Gasteiger partial charge on any atom is -0.507 e. The summed E-state index contributed by atoms with van der Waals surface area (Å²) in [6.45, 7) is 15.1. The van der Waals surface area contributed by atoms with Crippen molar-refractivity contribution in [3.63, 3.8) is 0 Å². The lowest BCUT2D eigenvalue weighted by atomic mass is 9.78. The zero-order chi connectivity index (χ0) is 55.4. The average Bonchev–Trinajstić information content (AvgIpc) is 3.78. The van der Waals surface area contributed by atoms with Crippen LogP contribution in [0.25, 0.3) is 21.7 Å². The molecule has 8 rings (SSSR count). The molecule has 9 N–H and O–H groups in total. The number of carbonyl (C=O) groups is 3. The Labute approximate surface area is 440 Å². The van der Waals surface area contributed by atoms with Crippen LogP contribution in [-0.4, -0.2) is 145 Å². The molecule has 3 aromatic carbocycles. The normalized spacial score (nSPS) is 27.6. The van der Waals surface area contributed by atoms with E-state index in [2.05, 4.69) is 37.8 Å². The van der Waals surface area contributed by atoms with Gasteiger partial charge in [-0.15, -0.1) is 10.2 Å². The van der Waals surface area contributed by atoms with Crippen molar-refractivity contribution in [2.45, 2.75) is 85.6 Å². The number of hydrogen-bond donors (Lipinski definition) is 8. The number of anilines is 1. The van der Waals surface area contributed by atoms with Gasteiger partial charge in [-0.2, -0.15) is 5.10 Å². The third-order valence-corrected chi connectivity index (χ3v) is 14.2. The highest BCUT2D eigenvalue weighted by molar-refractivity contribution is 7.80. The number of aryl methyl sites for hydroxylation is 1. The number of fused-ring (bicyclic) bond motifs is 15. The van der Waals surface area contributed by atoms with Gasteiger partial charge in [0.2, 0.25) is 11.0 Å². The van der Waals surface area contributed by atoms with Gasteiger partial charge in [0.05, 0.1) is 58.5 Å². The summed E-state index contributed by atoms with van der Waals surface area (Å²) in [6, 6.07) is 7.48. The van der Waals surface area contributed by atoms with Crippen LogP contribution in [0, 0.1) is 30.6 Å². The Balaban J connectivity index is 0.000000483. The molecule has 75 heavy (non-hydrogen) atoms. The van der Waals surface area contributed by atoms with E-state index in [1.54, 1.807) is 56.5 Å². The molecule has 4 aliphatic heterocycles. The van der Waals surface area contributed by atoms with Gasteiger partial charge in [0.25, 0.3) is 11.7 Å². The highest BCUT2D eigenvalue weighted by Gasteiger charge is 2.50. The Hall–Kier alpha value is -7.11. The van der Waals surface area contributed by atoms with Crippen molar-refractivity contribution in [3.8, 4) is 28.9 Å². The van der Waals surface area contributed by atoms with Crippen LogP contribution in [0.15, 0.2) is 75.7 Å². The number of azo groups is 1. The number of rotatable bonds is 5. The van der Waals surface area contributed by atoms with Crippen molar-refractivity contribution in [1.29, 1.82) is 0 Å². The van der Waals surface area contributed by atoms with Crippen LogP contribution in [0.4, 0.5) is 11.4 Å². The molecule has 0 radical (unpaired) electrons. The minimum atomic E-state index is -2.04. The number of Topliss-reactive ketones (excluding diaryl/α,β-unsaturated/α-hetero) is 1. The van der Waals surface area contributed by atoms with Gasteiger partial charge in [-0.25, -0.2) is 0 Å². The number of aromatic hydroxyl groups is 4. The van der Waals surface area contributed by atoms with E-state index in [1.807, 2.05) is 31.3 Å². The zero-order valence-electron chi connectivity index (χ0n) is 43.9. The van der Waals surface area contributed by atoms with Crippen LogP contribution >= 0.6 is 12.2 Å². The zero-order valence-corrected chi connectivity index (χ0v) is 44.7. The fourth-order valence-corrected chi connectivity index (χ4v) is 9.52. The first-order chi connectivity index (χ1) is 35.3. The number of phenols is 3. The van der Waals surface area contributed by atoms with Gasteiger partial charge in [0, 0.05) is 99.8 Å². The lowest BCUT2D eigenvalue weighted by molar-refractivity contribution is -0.160. The monoisotopic (exact) mass is 1060 g/mol. The predicted molar refractivity (Wildman–Crippen MR) is 286 cm³/mol. The van der Waals surface area contributed by atoms with Gasteiger partial charge in [-0.1, -0.05) is 64.1 Å². The topological polar surface area (TPSA) is 296 Å². The lowest BCUT2D eigenvalue weighted by Gasteiger charge is -2.38. The van der Waals surface area contributed by atoms with E-state index < -0.39 is 88.8 Å². The van der Waals surface area contributed by atoms with Crippen LogP contribution in [0.2, 0.25) is 0 Å². The van der Waals surface area contributed by atoms with E-state index in [-0.39, 0.29) is 55.5 Å². The number of hydrazone groups is 1. The second-order valence-corrected chi connectivity index (χ2v) is 19.8. The first-order valence-corrected chi connectivity index (χ1v) is 24.8. The molecule has 0 aliphatic carbocycles. The first kappa shape index (κ1) is 57.2. The number of nitrogens with zero attached hydrogens (tertiary/aromatic N) is 6. The number of phenolic OH excluding ortho intramolecular Hbond substituents is 3. The summed E-state index contributed by atoms with van der Waals surface area (Å²) in [5.74, 6) is -8.30. The number of nitrogens with two attached hydrogens (primary N) is 1.